The Balaban J connectivity index is 1.52. The Labute approximate surface area is 271 Å². The van der Waals surface area contributed by atoms with E-state index in [0.717, 1.165) is 17.7 Å². The highest BCUT2D eigenvalue weighted by Gasteiger charge is 2.52. The number of ether oxygens (including phenoxy) is 3. The van der Waals surface area contributed by atoms with Crippen molar-refractivity contribution in [3.05, 3.63) is 137 Å². The standard InChI is InChI=1S/C37H35F3N2O5/c1-45-32-12-5-11-29(24-32)33-36(21-6-10-26-8-3-2-4-9-26,35(44)41-25-27-13-17-30(18-14-27)37(38,39)40)42-34(47-33)28-15-19-31(20-16-28)46-23-7-22-43/h2-6,8-20,24,33,43H,7,21-23,25H2,1H3,(H,41,44)/b10-6+/t33-,36-/m1/s1. The Hall–Kier alpha value is -5.09. The van der Waals surface area contributed by atoms with Crippen LogP contribution in [0, 0.1) is 0 Å². The van der Waals surface area contributed by atoms with Crippen molar-refractivity contribution >= 4 is 17.9 Å². The summed E-state index contributed by atoms with van der Waals surface area (Å²) in [5, 5.41) is 12.0. The first-order valence-corrected chi connectivity index (χ1v) is 15.1. The van der Waals surface area contributed by atoms with E-state index in [2.05, 4.69) is 5.32 Å². The number of aliphatic hydroxyl groups is 1. The normalized spacial score (nSPS) is 17.6. The summed E-state index contributed by atoms with van der Waals surface area (Å²) in [6.07, 6.45) is -0.916. The van der Waals surface area contributed by atoms with Crippen molar-refractivity contribution in [2.24, 2.45) is 4.99 Å². The van der Waals surface area contributed by atoms with E-state index in [9.17, 15) is 18.0 Å². The lowest BCUT2D eigenvalue weighted by molar-refractivity contribution is -0.137. The fourth-order valence-corrected chi connectivity index (χ4v) is 5.21. The van der Waals surface area contributed by atoms with Crippen LogP contribution in [0.1, 0.15) is 46.8 Å². The van der Waals surface area contributed by atoms with Crippen LogP contribution >= 0.6 is 0 Å². The van der Waals surface area contributed by atoms with Gasteiger partial charge in [-0.25, -0.2) is 4.99 Å². The number of carbonyl (C=O) groups excluding carboxylic acids is 1. The van der Waals surface area contributed by atoms with Gasteiger partial charge in [-0.05, 0) is 65.2 Å². The van der Waals surface area contributed by atoms with E-state index in [-0.39, 0.29) is 25.5 Å². The van der Waals surface area contributed by atoms with Gasteiger partial charge in [-0.2, -0.15) is 13.2 Å². The van der Waals surface area contributed by atoms with Crippen LogP contribution in [0.2, 0.25) is 0 Å². The number of hydrogen-bond acceptors (Lipinski definition) is 6. The predicted molar refractivity (Wildman–Crippen MR) is 173 cm³/mol. The van der Waals surface area contributed by atoms with Gasteiger partial charge >= 0.3 is 6.18 Å². The molecule has 7 nitrogen and oxygen atoms in total. The Kier molecular flexibility index (Phi) is 10.6. The molecule has 2 atom stereocenters. The molecule has 4 aromatic rings. The molecule has 0 aromatic heterocycles. The van der Waals surface area contributed by atoms with E-state index in [4.69, 9.17) is 24.3 Å². The molecule has 0 bridgehead atoms. The van der Waals surface area contributed by atoms with Gasteiger partial charge in [0.25, 0.3) is 5.91 Å². The van der Waals surface area contributed by atoms with Gasteiger partial charge < -0.3 is 24.6 Å². The number of hydrogen-bond donors (Lipinski definition) is 2. The number of alkyl halides is 3. The van der Waals surface area contributed by atoms with Crippen LogP contribution in [0.25, 0.3) is 6.08 Å². The van der Waals surface area contributed by atoms with Crippen molar-refractivity contribution in [3.8, 4) is 11.5 Å². The third kappa shape index (κ3) is 8.20. The number of benzene rings is 4. The van der Waals surface area contributed by atoms with Gasteiger partial charge in [-0.3, -0.25) is 4.79 Å². The summed E-state index contributed by atoms with van der Waals surface area (Å²) in [4.78, 5) is 19.3. The van der Waals surface area contributed by atoms with Crippen molar-refractivity contribution in [1.82, 2.24) is 5.32 Å². The molecular formula is C37H35F3N2O5. The topological polar surface area (TPSA) is 89.4 Å². The molecule has 0 fully saturated rings. The van der Waals surface area contributed by atoms with Crippen molar-refractivity contribution < 1.29 is 37.3 Å². The smallest absolute Gasteiger partial charge is 0.416 e. The molecule has 4 aromatic carbocycles. The molecule has 1 heterocycles. The first-order valence-electron chi connectivity index (χ1n) is 15.1. The first kappa shape index (κ1) is 33.3. The van der Waals surface area contributed by atoms with E-state index in [1.165, 1.54) is 12.1 Å². The fraction of sp³-hybridized carbons (Fsp3) is 0.243. The highest BCUT2D eigenvalue weighted by Crippen LogP contribution is 2.44. The molecule has 0 spiro atoms. The second-order valence-corrected chi connectivity index (χ2v) is 11.0. The third-order valence-electron chi connectivity index (χ3n) is 7.70. The third-order valence-corrected chi connectivity index (χ3v) is 7.70. The van der Waals surface area contributed by atoms with E-state index in [0.29, 0.717) is 41.2 Å². The average Bonchev–Trinajstić information content (AvgIpc) is 3.48. The lowest BCUT2D eigenvalue weighted by Gasteiger charge is -2.30. The second-order valence-electron chi connectivity index (χ2n) is 11.0. The summed E-state index contributed by atoms with van der Waals surface area (Å²) in [5.41, 5.74) is 0.456. The minimum atomic E-state index is -4.46. The molecule has 0 saturated carbocycles. The van der Waals surface area contributed by atoms with Gasteiger partial charge in [-0.15, -0.1) is 0 Å². The zero-order chi connectivity index (χ0) is 33.3. The van der Waals surface area contributed by atoms with Gasteiger partial charge in [0.15, 0.2) is 11.6 Å². The van der Waals surface area contributed by atoms with Gasteiger partial charge in [0.05, 0.1) is 19.3 Å². The van der Waals surface area contributed by atoms with Crippen LogP contribution in [-0.2, 0) is 22.3 Å². The quantitative estimate of drug-likeness (QED) is 0.151. The monoisotopic (exact) mass is 644 g/mol. The van der Waals surface area contributed by atoms with E-state index in [1.54, 1.807) is 49.6 Å². The highest BCUT2D eigenvalue weighted by molar-refractivity contribution is 6.01. The predicted octanol–water partition coefficient (Wildman–Crippen LogP) is 7.15. The van der Waals surface area contributed by atoms with Crippen molar-refractivity contribution in [1.29, 1.82) is 0 Å². The Morgan fingerprint density at radius 1 is 0.979 bits per heavy atom. The summed E-state index contributed by atoms with van der Waals surface area (Å²) in [5.74, 6) is 0.971. The van der Waals surface area contributed by atoms with Gasteiger partial charge in [0, 0.05) is 31.6 Å². The van der Waals surface area contributed by atoms with Gasteiger partial charge in [0.2, 0.25) is 5.90 Å². The molecule has 0 unspecified atom stereocenters. The molecule has 1 aliphatic heterocycles. The van der Waals surface area contributed by atoms with Crippen LogP contribution in [0.5, 0.6) is 11.5 Å². The molecule has 5 rings (SSSR count). The molecule has 0 saturated heterocycles. The summed E-state index contributed by atoms with van der Waals surface area (Å²) in [6, 6.07) is 28.6. The molecule has 0 aliphatic carbocycles. The fourth-order valence-electron chi connectivity index (χ4n) is 5.21. The average molecular weight is 645 g/mol. The molecule has 244 valence electrons. The second kappa shape index (κ2) is 15.0. The minimum absolute atomic E-state index is 0.0172. The van der Waals surface area contributed by atoms with Gasteiger partial charge in [-0.1, -0.05) is 66.7 Å². The minimum Gasteiger partial charge on any atom is -0.497 e. The maximum absolute atomic E-state index is 14.3. The Morgan fingerprint density at radius 2 is 1.72 bits per heavy atom. The van der Waals surface area contributed by atoms with Crippen molar-refractivity contribution in [2.75, 3.05) is 20.3 Å². The van der Waals surface area contributed by atoms with Crippen LogP contribution in [-0.4, -0.2) is 42.8 Å². The number of halogens is 3. The number of amides is 1. The number of aliphatic imine (C=N–C) groups is 1. The van der Waals surface area contributed by atoms with E-state index >= 15 is 0 Å². The largest absolute Gasteiger partial charge is 0.497 e. The number of methoxy groups -OCH3 is 1. The van der Waals surface area contributed by atoms with Crippen LogP contribution in [0.15, 0.2) is 114 Å². The number of rotatable bonds is 13. The highest BCUT2D eigenvalue weighted by atomic mass is 19.4. The van der Waals surface area contributed by atoms with Crippen LogP contribution in [0.3, 0.4) is 0 Å². The maximum atomic E-state index is 14.3. The molecule has 1 amide bonds. The van der Waals surface area contributed by atoms with Gasteiger partial charge in [0.1, 0.15) is 11.5 Å². The number of aliphatic hydroxyl groups excluding tert-OH is 1. The summed E-state index contributed by atoms with van der Waals surface area (Å²) >= 11 is 0. The lowest BCUT2D eigenvalue weighted by Crippen LogP contribution is -2.47. The number of nitrogens with one attached hydrogen (secondary N) is 1. The van der Waals surface area contributed by atoms with Crippen molar-refractivity contribution in [3.63, 3.8) is 0 Å². The molecule has 47 heavy (non-hydrogen) atoms. The first-order chi connectivity index (χ1) is 22.7. The zero-order valence-corrected chi connectivity index (χ0v) is 25.7. The number of carbonyl (C=O) groups is 1. The van der Waals surface area contributed by atoms with Crippen LogP contribution < -0.4 is 14.8 Å². The zero-order valence-electron chi connectivity index (χ0n) is 25.7. The number of nitrogens with zero attached hydrogens (tertiary/aromatic N) is 1. The molecular weight excluding hydrogens is 609 g/mol. The summed E-state index contributed by atoms with van der Waals surface area (Å²) < 4.78 is 57.0. The molecule has 1 aliphatic rings. The summed E-state index contributed by atoms with van der Waals surface area (Å²) in [7, 11) is 1.55. The maximum Gasteiger partial charge on any atom is 0.416 e. The lowest BCUT2D eigenvalue weighted by atomic mass is 9.84. The van der Waals surface area contributed by atoms with Crippen molar-refractivity contribution in [2.45, 2.75) is 37.2 Å². The Morgan fingerprint density at radius 3 is 2.40 bits per heavy atom. The van der Waals surface area contributed by atoms with Crippen LogP contribution in [0.4, 0.5) is 13.2 Å². The molecule has 0 radical (unpaired) electrons. The SMILES string of the molecule is COc1cccc([C@H]2OC(c3ccc(OCCCO)cc3)=N[C@@]2(C/C=C/c2ccccc2)C(=O)NCc2ccc(C(F)(F)F)cc2)c1. The molecule has 2 N–H and O–H groups in total. The summed E-state index contributed by atoms with van der Waals surface area (Å²) in [6.45, 7) is 0.369. The Bertz CT molecular complexity index is 1690. The van der Waals surface area contributed by atoms with E-state index in [1.807, 2.05) is 48.6 Å². The van der Waals surface area contributed by atoms with E-state index < -0.39 is 29.3 Å². The molecule has 10 heteroatoms.